The zero-order valence-corrected chi connectivity index (χ0v) is 15.5. The number of ether oxygens (including phenoxy) is 1. The van der Waals surface area contributed by atoms with Gasteiger partial charge >= 0.3 is 0 Å². The average Bonchev–Trinajstić information content (AvgIpc) is 2.65. The molecule has 0 bridgehead atoms. The number of methoxy groups -OCH3 is 1. The lowest BCUT2D eigenvalue weighted by Crippen LogP contribution is -2.13. The number of nitrogens with one attached hydrogen (secondary N) is 2. The summed E-state index contributed by atoms with van der Waals surface area (Å²) < 4.78 is 45.8. The first-order valence-electron chi connectivity index (χ1n) is 8.03. The van der Waals surface area contributed by atoms with Crippen molar-refractivity contribution in [1.29, 1.82) is 0 Å². The number of nitrogens with zero attached hydrogens (tertiary/aromatic N) is 1. The topological polar surface area (TPSA) is 80.3 Å². The smallest absolute Gasteiger partial charge is 0.261 e. The van der Waals surface area contributed by atoms with Gasteiger partial charge in [0.25, 0.3) is 10.0 Å². The first-order valence-corrected chi connectivity index (χ1v) is 9.52. The second-order valence-electron chi connectivity index (χ2n) is 5.81. The Hall–Kier alpha value is -3.13. The molecule has 0 saturated carbocycles. The SMILES string of the molecule is COc1cccc(Nc2ccc(NS(=O)(=O)c3ccc(F)c(C)c3)cn2)c1. The Morgan fingerprint density at radius 2 is 1.85 bits per heavy atom. The largest absolute Gasteiger partial charge is 0.497 e. The van der Waals surface area contributed by atoms with Crippen molar-refractivity contribution in [1.82, 2.24) is 4.98 Å². The summed E-state index contributed by atoms with van der Waals surface area (Å²) >= 11 is 0. The number of hydrogen-bond acceptors (Lipinski definition) is 5. The third-order valence-corrected chi connectivity index (χ3v) is 5.18. The molecule has 3 aromatic rings. The van der Waals surface area contributed by atoms with Crippen molar-refractivity contribution in [3.63, 3.8) is 0 Å². The molecule has 2 aromatic carbocycles. The van der Waals surface area contributed by atoms with E-state index >= 15 is 0 Å². The highest BCUT2D eigenvalue weighted by molar-refractivity contribution is 7.92. The molecule has 1 heterocycles. The maximum Gasteiger partial charge on any atom is 0.261 e. The number of aromatic nitrogens is 1. The van der Waals surface area contributed by atoms with Crippen LogP contribution in [0.15, 0.2) is 65.7 Å². The molecule has 0 aliphatic carbocycles. The van der Waals surface area contributed by atoms with E-state index in [-0.39, 0.29) is 10.5 Å². The average molecular weight is 387 g/mol. The van der Waals surface area contributed by atoms with Crippen molar-refractivity contribution in [3.8, 4) is 5.75 Å². The van der Waals surface area contributed by atoms with Crippen LogP contribution in [-0.4, -0.2) is 20.5 Å². The zero-order chi connectivity index (χ0) is 19.4. The van der Waals surface area contributed by atoms with E-state index < -0.39 is 15.8 Å². The minimum absolute atomic E-state index is 0.0139. The number of benzene rings is 2. The van der Waals surface area contributed by atoms with Crippen molar-refractivity contribution < 1.29 is 17.5 Å². The summed E-state index contributed by atoms with van der Waals surface area (Å²) in [5.74, 6) is 0.798. The van der Waals surface area contributed by atoms with Crippen LogP contribution >= 0.6 is 0 Å². The molecule has 0 atom stereocenters. The van der Waals surface area contributed by atoms with Crippen molar-refractivity contribution >= 4 is 27.2 Å². The molecule has 140 valence electrons. The van der Waals surface area contributed by atoms with Crippen LogP contribution in [0.2, 0.25) is 0 Å². The van der Waals surface area contributed by atoms with Gasteiger partial charge in [-0.1, -0.05) is 6.07 Å². The monoisotopic (exact) mass is 387 g/mol. The first kappa shape index (κ1) is 18.7. The summed E-state index contributed by atoms with van der Waals surface area (Å²) in [5, 5.41) is 3.10. The maximum atomic E-state index is 13.3. The summed E-state index contributed by atoms with van der Waals surface area (Å²) in [6.07, 6.45) is 1.40. The van der Waals surface area contributed by atoms with E-state index in [1.807, 2.05) is 24.3 Å². The highest BCUT2D eigenvalue weighted by atomic mass is 32.2. The molecular weight excluding hydrogens is 369 g/mol. The molecular formula is C19H18FN3O3S. The molecule has 6 nitrogen and oxygen atoms in total. The van der Waals surface area contributed by atoms with Gasteiger partial charge in [0.15, 0.2) is 0 Å². The zero-order valence-electron chi connectivity index (χ0n) is 14.7. The van der Waals surface area contributed by atoms with E-state index in [1.54, 1.807) is 19.2 Å². The third-order valence-electron chi connectivity index (χ3n) is 3.80. The second kappa shape index (κ2) is 7.63. The van der Waals surface area contributed by atoms with E-state index in [9.17, 15) is 12.8 Å². The van der Waals surface area contributed by atoms with Crippen molar-refractivity contribution in [2.45, 2.75) is 11.8 Å². The van der Waals surface area contributed by atoms with Gasteiger partial charge in [0, 0.05) is 11.8 Å². The quantitative estimate of drug-likeness (QED) is 0.666. The fourth-order valence-corrected chi connectivity index (χ4v) is 3.50. The van der Waals surface area contributed by atoms with Gasteiger partial charge in [-0.3, -0.25) is 4.72 Å². The highest BCUT2D eigenvalue weighted by Crippen LogP contribution is 2.22. The lowest BCUT2D eigenvalue weighted by molar-refractivity contribution is 0.415. The van der Waals surface area contributed by atoms with Crippen LogP contribution in [0.5, 0.6) is 5.75 Å². The van der Waals surface area contributed by atoms with Gasteiger partial charge in [-0.2, -0.15) is 0 Å². The third kappa shape index (κ3) is 4.53. The molecule has 1 aromatic heterocycles. The Morgan fingerprint density at radius 3 is 2.52 bits per heavy atom. The molecule has 0 aliphatic heterocycles. The fourth-order valence-electron chi connectivity index (χ4n) is 2.38. The highest BCUT2D eigenvalue weighted by Gasteiger charge is 2.15. The number of rotatable bonds is 6. The summed E-state index contributed by atoms with van der Waals surface area (Å²) in [6, 6.07) is 14.2. The molecule has 2 N–H and O–H groups in total. The van der Waals surface area contributed by atoms with Crippen LogP contribution in [0.3, 0.4) is 0 Å². The summed E-state index contributed by atoms with van der Waals surface area (Å²) in [7, 11) is -2.24. The lowest BCUT2D eigenvalue weighted by atomic mass is 10.2. The molecule has 0 unspecified atom stereocenters. The maximum absolute atomic E-state index is 13.3. The standard InChI is InChI=1S/C19H18FN3O3S/c1-13-10-17(7-8-18(13)20)27(24,25)23-15-6-9-19(21-12-15)22-14-4-3-5-16(11-14)26-2/h3-12,23H,1-2H3,(H,21,22). The minimum Gasteiger partial charge on any atom is -0.497 e. The molecule has 8 heteroatoms. The molecule has 0 radical (unpaired) electrons. The number of hydrogen-bond donors (Lipinski definition) is 2. The Labute approximate surface area is 157 Å². The van der Waals surface area contributed by atoms with Crippen LogP contribution in [-0.2, 0) is 10.0 Å². The molecule has 0 aliphatic rings. The Kier molecular flexibility index (Phi) is 5.27. The van der Waals surface area contributed by atoms with Crippen LogP contribution in [0.25, 0.3) is 0 Å². The van der Waals surface area contributed by atoms with E-state index in [0.29, 0.717) is 17.3 Å². The molecule has 0 amide bonds. The van der Waals surface area contributed by atoms with Crippen molar-refractivity contribution in [3.05, 3.63) is 72.2 Å². The molecule has 27 heavy (non-hydrogen) atoms. The van der Waals surface area contributed by atoms with Gasteiger partial charge in [0.2, 0.25) is 0 Å². The van der Waals surface area contributed by atoms with Gasteiger partial charge in [-0.25, -0.2) is 17.8 Å². The van der Waals surface area contributed by atoms with Crippen LogP contribution in [0, 0.1) is 12.7 Å². The normalized spacial score (nSPS) is 11.1. The van der Waals surface area contributed by atoms with Gasteiger partial charge in [-0.15, -0.1) is 0 Å². The van der Waals surface area contributed by atoms with E-state index in [0.717, 1.165) is 11.8 Å². The van der Waals surface area contributed by atoms with Gasteiger partial charge in [-0.05, 0) is 55.0 Å². The molecule has 3 rings (SSSR count). The fraction of sp³-hybridized carbons (Fsp3) is 0.105. The predicted octanol–water partition coefficient (Wildman–Crippen LogP) is 4.08. The van der Waals surface area contributed by atoms with Gasteiger partial charge in [0.1, 0.15) is 17.4 Å². The van der Waals surface area contributed by atoms with Gasteiger partial charge < -0.3 is 10.1 Å². The van der Waals surface area contributed by atoms with Crippen molar-refractivity contribution in [2.24, 2.45) is 0 Å². The Bertz CT molecular complexity index is 1050. The number of sulfonamides is 1. The van der Waals surface area contributed by atoms with E-state index in [4.69, 9.17) is 4.74 Å². The number of halogens is 1. The summed E-state index contributed by atoms with van der Waals surface area (Å²) in [5.41, 5.74) is 1.35. The minimum atomic E-state index is -3.83. The molecule has 0 saturated heterocycles. The second-order valence-corrected chi connectivity index (χ2v) is 7.49. The number of pyridine rings is 1. The summed E-state index contributed by atoms with van der Waals surface area (Å²) in [6.45, 7) is 1.51. The van der Waals surface area contributed by atoms with Crippen LogP contribution in [0.4, 0.5) is 21.6 Å². The lowest BCUT2D eigenvalue weighted by Gasteiger charge is -2.10. The van der Waals surface area contributed by atoms with Crippen LogP contribution < -0.4 is 14.8 Å². The predicted molar refractivity (Wildman–Crippen MR) is 102 cm³/mol. The number of anilines is 3. The van der Waals surface area contributed by atoms with Crippen molar-refractivity contribution in [2.75, 3.05) is 17.1 Å². The molecule has 0 spiro atoms. The first-order chi connectivity index (χ1) is 12.9. The van der Waals surface area contributed by atoms with E-state index in [1.165, 1.54) is 25.3 Å². The Morgan fingerprint density at radius 1 is 1.04 bits per heavy atom. The van der Waals surface area contributed by atoms with Crippen LogP contribution in [0.1, 0.15) is 5.56 Å². The molecule has 0 fully saturated rings. The van der Waals surface area contributed by atoms with E-state index in [2.05, 4.69) is 15.0 Å². The number of aryl methyl sites for hydroxylation is 1. The van der Waals surface area contributed by atoms with Gasteiger partial charge in [0.05, 0.1) is 23.9 Å². The summed E-state index contributed by atoms with van der Waals surface area (Å²) in [4.78, 5) is 4.19. The Balaban J connectivity index is 1.74.